The van der Waals surface area contributed by atoms with Crippen molar-refractivity contribution in [2.24, 2.45) is 11.3 Å². The summed E-state index contributed by atoms with van der Waals surface area (Å²) in [5.74, 6) is 0.289. The van der Waals surface area contributed by atoms with Crippen LogP contribution >= 0.6 is 0 Å². The molecule has 1 aliphatic rings. The van der Waals surface area contributed by atoms with Crippen molar-refractivity contribution in [3.8, 4) is 0 Å². The second-order valence-corrected chi connectivity index (χ2v) is 7.49. The van der Waals surface area contributed by atoms with Gasteiger partial charge >= 0.3 is 0 Å². The Balaban J connectivity index is 2.18. The van der Waals surface area contributed by atoms with Crippen LogP contribution in [0.1, 0.15) is 52.0 Å². The van der Waals surface area contributed by atoms with Gasteiger partial charge in [-0.05, 0) is 41.2 Å². The minimum atomic E-state index is -0.725. The molecule has 0 aliphatic heterocycles. The first-order valence-electron chi connectivity index (χ1n) is 7.98. The molecule has 1 N–H and O–H groups in total. The number of aliphatic hydroxyl groups is 1. The molecule has 112 valence electrons. The van der Waals surface area contributed by atoms with E-state index in [2.05, 4.69) is 37.9 Å². The van der Waals surface area contributed by atoms with E-state index in [-0.39, 0.29) is 11.3 Å². The molecule has 1 aliphatic carbocycles. The van der Waals surface area contributed by atoms with Gasteiger partial charge in [-0.2, -0.15) is 0 Å². The lowest BCUT2D eigenvalue weighted by molar-refractivity contribution is -0.0949. The molecule has 2 atom stereocenters. The van der Waals surface area contributed by atoms with Crippen LogP contribution in [0.5, 0.6) is 0 Å². The van der Waals surface area contributed by atoms with Gasteiger partial charge in [-0.25, -0.2) is 0 Å². The molecular formula is C19H25NO. The van der Waals surface area contributed by atoms with Crippen LogP contribution in [0.3, 0.4) is 0 Å². The van der Waals surface area contributed by atoms with Gasteiger partial charge in [0.05, 0.1) is 5.60 Å². The van der Waals surface area contributed by atoms with Crippen LogP contribution in [-0.2, 0) is 5.60 Å². The smallest absolute Gasteiger partial charge is 0.0935 e. The number of rotatable bonds is 1. The van der Waals surface area contributed by atoms with Crippen molar-refractivity contribution in [1.82, 2.24) is 4.98 Å². The third kappa shape index (κ3) is 2.46. The van der Waals surface area contributed by atoms with E-state index in [1.807, 2.05) is 24.5 Å². The second kappa shape index (κ2) is 5.10. The van der Waals surface area contributed by atoms with E-state index in [9.17, 15) is 5.11 Å². The first kappa shape index (κ1) is 14.5. The number of hydrogen-bond acceptors (Lipinski definition) is 2. The van der Waals surface area contributed by atoms with E-state index in [0.717, 1.165) is 35.6 Å². The number of fused-ring (bicyclic) bond motifs is 1. The quantitative estimate of drug-likeness (QED) is 0.825. The monoisotopic (exact) mass is 283 g/mol. The number of aromatic nitrogens is 1. The fourth-order valence-corrected chi connectivity index (χ4v) is 4.13. The van der Waals surface area contributed by atoms with Crippen molar-refractivity contribution in [2.75, 3.05) is 0 Å². The predicted octanol–water partition coefficient (Wildman–Crippen LogP) is 4.66. The zero-order valence-corrected chi connectivity index (χ0v) is 13.3. The van der Waals surface area contributed by atoms with E-state index >= 15 is 0 Å². The molecule has 21 heavy (non-hydrogen) atoms. The molecule has 0 saturated heterocycles. The van der Waals surface area contributed by atoms with Gasteiger partial charge in [0.15, 0.2) is 0 Å². The van der Waals surface area contributed by atoms with Gasteiger partial charge < -0.3 is 5.11 Å². The van der Waals surface area contributed by atoms with Crippen molar-refractivity contribution in [3.05, 3.63) is 42.2 Å². The van der Waals surface area contributed by atoms with Crippen LogP contribution in [0, 0.1) is 11.3 Å². The minimum Gasteiger partial charge on any atom is -0.385 e. The summed E-state index contributed by atoms with van der Waals surface area (Å²) < 4.78 is 0. The summed E-state index contributed by atoms with van der Waals surface area (Å²) in [7, 11) is 0. The average Bonchev–Trinajstić information content (AvgIpc) is 2.46. The van der Waals surface area contributed by atoms with Gasteiger partial charge in [0.2, 0.25) is 0 Å². The minimum absolute atomic E-state index is 0.102. The topological polar surface area (TPSA) is 33.1 Å². The summed E-state index contributed by atoms with van der Waals surface area (Å²) in [4.78, 5) is 4.21. The maximum absolute atomic E-state index is 11.6. The van der Waals surface area contributed by atoms with Gasteiger partial charge in [-0.1, -0.05) is 51.8 Å². The van der Waals surface area contributed by atoms with Crippen LogP contribution in [0.2, 0.25) is 0 Å². The molecule has 1 aromatic carbocycles. The standard InChI is InChI=1S/C19H25NO/c1-18(2,3)17-9-4-5-11-19(17,21)16-8-6-7-14-13-20-12-10-15(14)16/h6-8,10,12-13,17,21H,4-5,9,11H2,1-3H3. The molecule has 0 amide bonds. The highest BCUT2D eigenvalue weighted by molar-refractivity contribution is 5.85. The SMILES string of the molecule is CC(C)(C)C1CCCCC1(O)c1cccc2cnccc12. The van der Waals surface area contributed by atoms with Gasteiger partial charge in [-0.15, -0.1) is 0 Å². The van der Waals surface area contributed by atoms with Crippen molar-refractivity contribution >= 4 is 10.8 Å². The molecule has 0 radical (unpaired) electrons. The molecule has 1 heterocycles. The molecule has 1 fully saturated rings. The summed E-state index contributed by atoms with van der Waals surface area (Å²) in [6, 6.07) is 8.26. The highest BCUT2D eigenvalue weighted by Crippen LogP contribution is 2.50. The van der Waals surface area contributed by atoms with E-state index in [1.165, 1.54) is 6.42 Å². The Morgan fingerprint density at radius 3 is 2.76 bits per heavy atom. The molecule has 2 nitrogen and oxygen atoms in total. The largest absolute Gasteiger partial charge is 0.385 e. The maximum atomic E-state index is 11.6. The number of nitrogens with zero attached hydrogens (tertiary/aromatic N) is 1. The molecule has 0 bridgehead atoms. The molecular weight excluding hydrogens is 258 g/mol. The summed E-state index contributed by atoms with van der Waals surface area (Å²) >= 11 is 0. The Hall–Kier alpha value is -1.41. The molecule has 2 unspecified atom stereocenters. The highest BCUT2D eigenvalue weighted by Gasteiger charge is 2.46. The number of hydrogen-bond donors (Lipinski definition) is 1. The van der Waals surface area contributed by atoms with Crippen LogP contribution in [0.15, 0.2) is 36.7 Å². The van der Waals surface area contributed by atoms with E-state index in [0.29, 0.717) is 0 Å². The molecule has 1 saturated carbocycles. The van der Waals surface area contributed by atoms with E-state index in [4.69, 9.17) is 0 Å². The van der Waals surface area contributed by atoms with Crippen LogP contribution in [0.25, 0.3) is 10.8 Å². The lowest BCUT2D eigenvalue weighted by Crippen LogP contribution is -2.44. The lowest BCUT2D eigenvalue weighted by Gasteiger charge is -2.47. The first-order valence-corrected chi connectivity index (χ1v) is 7.98. The molecule has 2 aromatic rings. The van der Waals surface area contributed by atoms with E-state index < -0.39 is 5.60 Å². The summed E-state index contributed by atoms with van der Waals surface area (Å²) in [5, 5.41) is 13.9. The zero-order valence-electron chi connectivity index (χ0n) is 13.3. The second-order valence-electron chi connectivity index (χ2n) is 7.49. The van der Waals surface area contributed by atoms with Crippen molar-refractivity contribution < 1.29 is 5.11 Å². The predicted molar refractivity (Wildman–Crippen MR) is 87.1 cm³/mol. The highest BCUT2D eigenvalue weighted by atomic mass is 16.3. The fourth-order valence-electron chi connectivity index (χ4n) is 4.13. The van der Waals surface area contributed by atoms with Crippen LogP contribution < -0.4 is 0 Å². The zero-order chi connectivity index (χ0) is 15.1. The van der Waals surface area contributed by atoms with Crippen molar-refractivity contribution in [3.63, 3.8) is 0 Å². The van der Waals surface area contributed by atoms with Gasteiger partial charge in [0, 0.05) is 17.8 Å². The molecule has 0 spiro atoms. The Bertz CT molecular complexity index is 638. The Morgan fingerprint density at radius 2 is 2.00 bits per heavy atom. The molecule has 3 rings (SSSR count). The third-order valence-electron chi connectivity index (χ3n) is 5.07. The fraction of sp³-hybridized carbons (Fsp3) is 0.526. The molecule has 1 aromatic heterocycles. The van der Waals surface area contributed by atoms with Crippen molar-refractivity contribution in [1.29, 1.82) is 0 Å². The third-order valence-corrected chi connectivity index (χ3v) is 5.07. The molecule has 2 heteroatoms. The van der Waals surface area contributed by atoms with Crippen LogP contribution in [0.4, 0.5) is 0 Å². The summed E-state index contributed by atoms with van der Waals surface area (Å²) in [6.45, 7) is 6.75. The van der Waals surface area contributed by atoms with Gasteiger partial charge in [0.1, 0.15) is 0 Å². The number of benzene rings is 1. The van der Waals surface area contributed by atoms with E-state index in [1.54, 1.807) is 0 Å². The normalized spacial score (nSPS) is 27.0. The van der Waals surface area contributed by atoms with Gasteiger partial charge in [0.25, 0.3) is 0 Å². The van der Waals surface area contributed by atoms with Gasteiger partial charge in [-0.3, -0.25) is 4.98 Å². The van der Waals surface area contributed by atoms with Crippen molar-refractivity contribution in [2.45, 2.75) is 52.1 Å². The average molecular weight is 283 g/mol. The maximum Gasteiger partial charge on any atom is 0.0935 e. The summed E-state index contributed by atoms with van der Waals surface area (Å²) in [5.41, 5.74) is 0.462. The Morgan fingerprint density at radius 1 is 1.19 bits per heavy atom. The Kier molecular flexibility index (Phi) is 3.53. The summed E-state index contributed by atoms with van der Waals surface area (Å²) in [6.07, 6.45) is 7.99. The lowest BCUT2D eigenvalue weighted by atomic mass is 9.61. The number of pyridine rings is 1. The van der Waals surface area contributed by atoms with Crippen LogP contribution in [-0.4, -0.2) is 10.1 Å². The first-order chi connectivity index (χ1) is 9.93. The Labute approximate surface area is 127 Å².